The Kier molecular flexibility index (Phi) is 8.39. The smallest absolute Gasteiger partial charge is 0.191 e. The van der Waals surface area contributed by atoms with Gasteiger partial charge in [-0.25, -0.2) is 4.99 Å². The summed E-state index contributed by atoms with van der Waals surface area (Å²) in [5.41, 5.74) is 2.53. The van der Waals surface area contributed by atoms with Gasteiger partial charge in [0.05, 0.1) is 6.54 Å². The van der Waals surface area contributed by atoms with Crippen LogP contribution in [-0.2, 0) is 6.54 Å². The molecule has 1 fully saturated rings. The molecule has 0 aromatic heterocycles. The van der Waals surface area contributed by atoms with Crippen molar-refractivity contribution >= 4 is 5.96 Å². The fourth-order valence-corrected chi connectivity index (χ4v) is 3.35. The normalized spacial score (nSPS) is 18.2. The van der Waals surface area contributed by atoms with Gasteiger partial charge in [-0.15, -0.1) is 0 Å². The van der Waals surface area contributed by atoms with E-state index in [2.05, 4.69) is 79.4 Å². The summed E-state index contributed by atoms with van der Waals surface area (Å²) in [7, 11) is 2.21. The molecular formula is C21H37N5. The highest BCUT2D eigenvalue weighted by Gasteiger charge is 2.24. The third-order valence-corrected chi connectivity index (χ3v) is 5.14. The first-order valence-electron chi connectivity index (χ1n) is 10.00. The lowest BCUT2D eigenvalue weighted by molar-refractivity contribution is 0.0900. The Morgan fingerprint density at radius 3 is 2.31 bits per heavy atom. The van der Waals surface area contributed by atoms with Gasteiger partial charge in [-0.2, -0.15) is 0 Å². The summed E-state index contributed by atoms with van der Waals surface area (Å²) in [6.45, 7) is 16.0. The summed E-state index contributed by atoms with van der Waals surface area (Å²) in [6.07, 6.45) is 0. The maximum atomic E-state index is 4.77. The average molecular weight is 360 g/mol. The Labute approximate surface area is 159 Å². The summed E-state index contributed by atoms with van der Waals surface area (Å²) in [5, 5.41) is 6.96. The molecule has 1 heterocycles. The minimum Gasteiger partial charge on any atom is -0.357 e. The van der Waals surface area contributed by atoms with Crippen LogP contribution in [0, 0.1) is 12.8 Å². The SMILES string of the molecule is CCNC(=NCc1ccc(C)cc1)NCC(C(C)C)N1CCN(C)CC1. The van der Waals surface area contributed by atoms with Crippen LogP contribution in [0.4, 0.5) is 0 Å². The second-order valence-corrected chi connectivity index (χ2v) is 7.71. The molecule has 1 unspecified atom stereocenters. The quantitative estimate of drug-likeness (QED) is 0.579. The number of aryl methyl sites for hydroxylation is 1. The highest BCUT2D eigenvalue weighted by atomic mass is 15.3. The van der Waals surface area contributed by atoms with E-state index in [1.807, 2.05) is 0 Å². The molecule has 0 saturated carbocycles. The topological polar surface area (TPSA) is 42.9 Å². The minimum absolute atomic E-state index is 0.534. The Balaban J connectivity index is 1.93. The van der Waals surface area contributed by atoms with Crippen molar-refractivity contribution in [3.8, 4) is 0 Å². The monoisotopic (exact) mass is 359 g/mol. The van der Waals surface area contributed by atoms with Gasteiger partial charge in [-0.05, 0) is 32.4 Å². The van der Waals surface area contributed by atoms with Gasteiger partial charge >= 0.3 is 0 Å². The molecule has 0 bridgehead atoms. The van der Waals surface area contributed by atoms with E-state index in [0.29, 0.717) is 18.5 Å². The molecule has 146 valence electrons. The number of nitrogens with one attached hydrogen (secondary N) is 2. The molecule has 0 radical (unpaired) electrons. The van der Waals surface area contributed by atoms with Gasteiger partial charge in [0, 0.05) is 45.3 Å². The molecule has 5 nitrogen and oxygen atoms in total. The van der Waals surface area contributed by atoms with Gasteiger partial charge in [0.2, 0.25) is 0 Å². The molecule has 0 amide bonds. The van der Waals surface area contributed by atoms with Crippen molar-refractivity contribution in [2.75, 3.05) is 46.3 Å². The van der Waals surface area contributed by atoms with Gasteiger partial charge < -0.3 is 15.5 Å². The lowest BCUT2D eigenvalue weighted by atomic mass is 10.0. The van der Waals surface area contributed by atoms with Crippen LogP contribution < -0.4 is 10.6 Å². The molecule has 1 aromatic carbocycles. The summed E-state index contributed by atoms with van der Waals surface area (Å²) >= 11 is 0. The van der Waals surface area contributed by atoms with Crippen LogP contribution in [0.3, 0.4) is 0 Å². The largest absolute Gasteiger partial charge is 0.357 e. The number of hydrogen-bond donors (Lipinski definition) is 2. The van der Waals surface area contributed by atoms with E-state index in [9.17, 15) is 0 Å². The standard InChI is InChI=1S/C21H37N5/c1-6-22-21(23-15-19-9-7-18(4)8-10-19)24-16-20(17(2)3)26-13-11-25(5)12-14-26/h7-10,17,20H,6,11-16H2,1-5H3,(H2,22,23,24). The van der Waals surface area contributed by atoms with E-state index in [-0.39, 0.29) is 0 Å². The highest BCUT2D eigenvalue weighted by molar-refractivity contribution is 5.79. The summed E-state index contributed by atoms with van der Waals surface area (Å²) in [5.74, 6) is 1.53. The average Bonchev–Trinajstić information content (AvgIpc) is 2.62. The van der Waals surface area contributed by atoms with Crippen LogP contribution in [0.15, 0.2) is 29.3 Å². The first-order chi connectivity index (χ1) is 12.5. The zero-order chi connectivity index (χ0) is 18.9. The highest BCUT2D eigenvalue weighted by Crippen LogP contribution is 2.13. The van der Waals surface area contributed by atoms with E-state index in [4.69, 9.17) is 4.99 Å². The van der Waals surface area contributed by atoms with E-state index in [1.54, 1.807) is 0 Å². The molecule has 1 aliphatic rings. The van der Waals surface area contributed by atoms with Crippen LogP contribution in [-0.4, -0.2) is 68.1 Å². The first-order valence-corrected chi connectivity index (χ1v) is 10.00. The fourth-order valence-electron chi connectivity index (χ4n) is 3.35. The van der Waals surface area contributed by atoms with Crippen LogP contribution in [0.1, 0.15) is 31.9 Å². The summed E-state index contributed by atoms with van der Waals surface area (Å²) < 4.78 is 0. The molecule has 0 aliphatic carbocycles. The number of hydrogen-bond acceptors (Lipinski definition) is 3. The number of benzene rings is 1. The molecular weight excluding hydrogens is 322 g/mol. The number of aliphatic imine (C=N–C) groups is 1. The lowest BCUT2D eigenvalue weighted by Crippen LogP contribution is -2.55. The number of rotatable bonds is 7. The predicted molar refractivity (Wildman–Crippen MR) is 112 cm³/mol. The number of likely N-dealkylation sites (N-methyl/N-ethyl adjacent to an activating group) is 1. The van der Waals surface area contributed by atoms with Crippen molar-refractivity contribution < 1.29 is 0 Å². The molecule has 1 saturated heterocycles. The number of piperazine rings is 1. The molecule has 2 rings (SSSR count). The molecule has 1 atom stereocenters. The number of guanidine groups is 1. The van der Waals surface area contributed by atoms with Crippen molar-refractivity contribution in [3.63, 3.8) is 0 Å². The molecule has 0 spiro atoms. The van der Waals surface area contributed by atoms with Crippen molar-refractivity contribution in [1.29, 1.82) is 0 Å². The Hall–Kier alpha value is -1.59. The van der Waals surface area contributed by atoms with Crippen LogP contribution >= 0.6 is 0 Å². The lowest BCUT2D eigenvalue weighted by Gasteiger charge is -2.40. The minimum atomic E-state index is 0.534. The predicted octanol–water partition coefficient (Wildman–Crippen LogP) is 2.32. The summed E-state index contributed by atoms with van der Waals surface area (Å²) in [4.78, 5) is 9.81. The second kappa shape index (κ2) is 10.5. The van der Waals surface area contributed by atoms with Gasteiger partial charge in [-0.3, -0.25) is 4.90 Å². The third-order valence-electron chi connectivity index (χ3n) is 5.14. The molecule has 26 heavy (non-hydrogen) atoms. The van der Waals surface area contributed by atoms with Gasteiger partial charge in [0.25, 0.3) is 0 Å². The van der Waals surface area contributed by atoms with E-state index < -0.39 is 0 Å². The van der Waals surface area contributed by atoms with Crippen LogP contribution in [0.2, 0.25) is 0 Å². The molecule has 1 aliphatic heterocycles. The van der Waals surface area contributed by atoms with Crippen molar-refractivity contribution in [1.82, 2.24) is 20.4 Å². The van der Waals surface area contributed by atoms with Gasteiger partial charge in [0.1, 0.15) is 0 Å². The number of nitrogens with zero attached hydrogens (tertiary/aromatic N) is 3. The molecule has 2 N–H and O–H groups in total. The Morgan fingerprint density at radius 2 is 1.73 bits per heavy atom. The first kappa shape index (κ1) is 20.7. The third kappa shape index (κ3) is 6.61. The molecule has 1 aromatic rings. The van der Waals surface area contributed by atoms with Gasteiger partial charge in [-0.1, -0.05) is 43.7 Å². The zero-order valence-electron chi connectivity index (χ0n) is 17.3. The van der Waals surface area contributed by atoms with E-state index >= 15 is 0 Å². The van der Waals surface area contributed by atoms with E-state index in [0.717, 1.165) is 45.2 Å². The van der Waals surface area contributed by atoms with Crippen molar-refractivity contribution in [2.45, 2.75) is 40.3 Å². The summed E-state index contributed by atoms with van der Waals surface area (Å²) in [6, 6.07) is 9.14. The van der Waals surface area contributed by atoms with Crippen molar-refractivity contribution in [3.05, 3.63) is 35.4 Å². The van der Waals surface area contributed by atoms with Gasteiger partial charge in [0.15, 0.2) is 5.96 Å². The fraction of sp³-hybridized carbons (Fsp3) is 0.667. The maximum absolute atomic E-state index is 4.77. The Bertz CT molecular complexity index is 544. The van der Waals surface area contributed by atoms with Crippen LogP contribution in [0.25, 0.3) is 0 Å². The second-order valence-electron chi connectivity index (χ2n) is 7.71. The van der Waals surface area contributed by atoms with Crippen molar-refractivity contribution in [2.24, 2.45) is 10.9 Å². The molecule has 5 heteroatoms. The van der Waals surface area contributed by atoms with Crippen LogP contribution in [0.5, 0.6) is 0 Å². The zero-order valence-corrected chi connectivity index (χ0v) is 17.3. The van der Waals surface area contributed by atoms with E-state index in [1.165, 1.54) is 11.1 Å². The Morgan fingerprint density at radius 1 is 1.08 bits per heavy atom. The maximum Gasteiger partial charge on any atom is 0.191 e.